The zero-order valence-corrected chi connectivity index (χ0v) is 15.8. The quantitative estimate of drug-likeness (QED) is 0.739. The number of fused-ring (bicyclic) bond motifs is 1. The van der Waals surface area contributed by atoms with Gasteiger partial charge in [-0.15, -0.1) is 0 Å². The highest BCUT2D eigenvalue weighted by Gasteiger charge is 2.42. The van der Waals surface area contributed by atoms with Gasteiger partial charge < -0.3 is 5.11 Å². The van der Waals surface area contributed by atoms with Gasteiger partial charge in [0.2, 0.25) is 0 Å². The first kappa shape index (κ1) is 18.3. The van der Waals surface area contributed by atoms with Crippen LogP contribution in [0.1, 0.15) is 36.8 Å². The molecule has 0 bridgehead atoms. The molecular formula is C23H21FN2O2. The summed E-state index contributed by atoms with van der Waals surface area (Å²) in [4.78, 5) is 13.2. The lowest BCUT2D eigenvalue weighted by atomic mass is 9.69. The Morgan fingerprint density at radius 2 is 1.86 bits per heavy atom. The molecule has 0 radical (unpaired) electrons. The number of benzene rings is 2. The zero-order chi connectivity index (χ0) is 19.9. The lowest BCUT2D eigenvalue weighted by Gasteiger charge is -2.34. The maximum atomic E-state index is 13.2. The molecule has 1 heterocycles. The monoisotopic (exact) mass is 376 g/mol. The summed E-state index contributed by atoms with van der Waals surface area (Å²) in [7, 11) is 0. The molecule has 2 aromatic carbocycles. The smallest absolute Gasteiger partial charge is 0.176 e. The Labute approximate surface area is 162 Å². The molecule has 0 amide bonds. The molecule has 4 nitrogen and oxygen atoms in total. The number of ketones is 1. The number of aromatic nitrogens is 2. The van der Waals surface area contributed by atoms with Crippen LogP contribution in [0.5, 0.6) is 0 Å². The second-order valence-corrected chi connectivity index (χ2v) is 7.46. The van der Waals surface area contributed by atoms with Gasteiger partial charge in [-0.2, -0.15) is 5.10 Å². The molecule has 0 saturated heterocycles. The average molecular weight is 376 g/mol. The number of carbonyl (C=O) groups excluding carboxylic acids is 1. The summed E-state index contributed by atoms with van der Waals surface area (Å²) in [5.41, 5.74) is 3.19. The molecule has 142 valence electrons. The molecule has 1 aliphatic carbocycles. The van der Waals surface area contributed by atoms with Crippen LogP contribution in [0.2, 0.25) is 0 Å². The van der Waals surface area contributed by atoms with E-state index >= 15 is 0 Å². The molecule has 0 fully saturated rings. The Bertz CT molecular complexity index is 1050. The second kappa shape index (κ2) is 6.84. The van der Waals surface area contributed by atoms with Gasteiger partial charge in [-0.25, -0.2) is 9.07 Å². The van der Waals surface area contributed by atoms with Crippen molar-refractivity contribution in [3.8, 4) is 5.69 Å². The number of aliphatic hydroxyl groups is 1. The Balaban J connectivity index is 1.69. The number of hydrogen-bond acceptors (Lipinski definition) is 3. The molecule has 28 heavy (non-hydrogen) atoms. The number of nitrogens with zero attached hydrogens (tertiary/aromatic N) is 2. The summed E-state index contributed by atoms with van der Waals surface area (Å²) in [5, 5.41) is 15.1. The van der Waals surface area contributed by atoms with Crippen LogP contribution < -0.4 is 0 Å². The lowest BCUT2D eigenvalue weighted by Crippen LogP contribution is -2.37. The number of halogens is 1. The highest BCUT2D eigenvalue weighted by molar-refractivity contribution is 5.94. The molecule has 0 aliphatic heterocycles. The minimum absolute atomic E-state index is 0.229. The number of carbonyl (C=O) groups is 1. The second-order valence-electron chi connectivity index (χ2n) is 7.46. The van der Waals surface area contributed by atoms with Gasteiger partial charge in [-0.05, 0) is 61.7 Å². The predicted molar refractivity (Wildman–Crippen MR) is 105 cm³/mol. The maximum absolute atomic E-state index is 13.2. The van der Waals surface area contributed by atoms with Crippen LogP contribution in [0.15, 0.2) is 66.4 Å². The summed E-state index contributed by atoms with van der Waals surface area (Å²) in [6.45, 7) is 3.77. The first-order valence-electron chi connectivity index (χ1n) is 9.19. The van der Waals surface area contributed by atoms with Crippen LogP contribution in [0.25, 0.3) is 11.8 Å². The summed E-state index contributed by atoms with van der Waals surface area (Å²) in [5.74, 6) is -0.530. The van der Waals surface area contributed by atoms with Crippen LogP contribution >= 0.6 is 0 Å². The van der Waals surface area contributed by atoms with E-state index in [1.165, 1.54) is 12.1 Å². The molecular weight excluding hydrogens is 355 g/mol. The summed E-state index contributed by atoms with van der Waals surface area (Å²) >= 11 is 0. The van der Waals surface area contributed by atoms with E-state index < -0.39 is 11.5 Å². The van der Waals surface area contributed by atoms with Gasteiger partial charge in [0.25, 0.3) is 0 Å². The highest BCUT2D eigenvalue weighted by Crippen LogP contribution is 2.42. The molecule has 1 aliphatic rings. The normalized spacial score (nSPS) is 19.6. The van der Waals surface area contributed by atoms with Crippen LogP contribution in [0, 0.1) is 11.2 Å². The highest BCUT2D eigenvalue weighted by atomic mass is 19.1. The van der Waals surface area contributed by atoms with E-state index in [2.05, 4.69) is 5.10 Å². The van der Waals surface area contributed by atoms with Crippen LogP contribution in [0.4, 0.5) is 4.39 Å². The van der Waals surface area contributed by atoms with E-state index in [4.69, 9.17) is 0 Å². The van der Waals surface area contributed by atoms with Crippen molar-refractivity contribution in [3.05, 3.63) is 89.0 Å². The SMILES string of the molecule is CC1=Cc2c(cnn2-c2ccc(F)cc2)C[C@]1(C)C(=O)C(O)c1ccccc1. The number of allylic oxidation sites excluding steroid dienone is 1. The van der Waals surface area contributed by atoms with Gasteiger partial charge in [0.05, 0.1) is 23.0 Å². The third-order valence-electron chi connectivity index (χ3n) is 5.63. The van der Waals surface area contributed by atoms with Gasteiger partial charge in [0.1, 0.15) is 11.9 Å². The van der Waals surface area contributed by atoms with Crippen molar-refractivity contribution >= 4 is 11.9 Å². The van der Waals surface area contributed by atoms with Gasteiger partial charge in [-0.1, -0.05) is 35.9 Å². The van der Waals surface area contributed by atoms with E-state index in [1.54, 1.807) is 35.1 Å². The molecule has 5 heteroatoms. The summed E-state index contributed by atoms with van der Waals surface area (Å²) in [6, 6.07) is 15.1. The van der Waals surface area contributed by atoms with Crippen molar-refractivity contribution in [2.75, 3.05) is 0 Å². The van der Waals surface area contributed by atoms with Gasteiger partial charge >= 0.3 is 0 Å². The molecule has 2 atom stereocenters. The number of rotatable bonds is 4. The van der Waals surface area contributed by atoms with E-state index in [0.717, 1.165) is 22.5 Å². The van der Waals surface area contributed by atoms with Crippen LogP contribution in [-0.2, 0) is 11.2 Å². The van der Waals surface area contributed by atoms with Gasteiger partial charge in [0, 0.05) is 0 Å². The maximum Gasteiger partial charge on any atom is 0.176 e. The van der Waals surface area contributed by atoms with Crippen molar-refractivity contribution < 1.29 is 14.3 Å². The van der Waals surface area contributed by atoms with Crippen molar-refractivity contribution in [2.45, 2.75) is 26.4 Å². The molecule has 4 rings (SSSR count). The number of hydrogen-bond donors (Lipinski definition) is 1. The third-order valence-corrected chi connectivity index (χ3v) is 5.63. The minimum Gasteiger partial charge on any atom is -0.381 e. The van der Waals surface area contributed by atoms with Crippen molar-refractivity contribution in [2.24, 2.45) is 5.41 Å². The minimum atomic E-state index is -1.18. The predicted octanol–water partition coefficient (Wildman–Crippen LogP) is 4.28. The summed E-state index contributed by atoms with van der Waals surface area (Å²) < 4.78 is 15.0. The van der Waals surface area contributed by atoms with E-state index in [9.17, 15) is 14.3 Å². The standard InChI is InChI=1S/C23H21FN2O2/c1-15-12-20-17(14-25-26(20)19-10-8-18(24)9-11-19)13-23(15,2)22(28)21(27)16-6-4-3-5-7-16/h3-12,14,21,27H,13H2,1-2H3/t21?,23-/m0/s1. The van der Waals surface area contributed by atoms with Gasteiger partial charge in [-0.3, -0.25) is 4.79 Å². The largest absolute Gasteiger partial charge is 0.381 e. The zero-order valence-electron chi connectivity index (χ0n) is 15.8. The van der Waals surface area contributed by atoms with Crippen molar-refractivity contribution in [1.82, 2.24) is 9.78 Å². The number of aliphatic hydroxyl groups excluding tert-OH is 1. The van der Waals surface area contributed by atoms with Gasteiger partial charge in [0.15, 0.2) is 5.78 Å². The molecule has 0 spiro atoms. The summed E-state index contributed by atoms with van der Waals surface area (Å²) in [6.07, 6.45) is 2.95. The number of Topliss-reactive ketones (excluding diaryl/α,β-unsaturated/α-hetero) is 1. The Hall–Kier alpha value is -3.05. The lowest BCUT2D eigenvalue weighted by molar-refractivity contribution is -0.135. The molecule has 1 aromatic heterocycles. The molecule has 1 N–H and O–H groups in total. The van der Waals surface area contributed by atoms with E-state index in [0.29, 0.717) is 12.0 Å². The topological polar surface area (TPSA) is 55.1 Å². The molecule has 0 saturated carbocycles. The van der Waals surface area contributed by atoms with Crippen molar-refractivity contribution in [1.29, 1.82) is 0 Å². The first-order valence-corrected chi connectivity index (χ1v) is 9.19. The fraction of sp³-hybridized carbons (Fsp3) is 0.217. The van der Waals surface area contributed by atoms with Crippen LogP contribution in [0.3, 0.4) is 0 Å². The van der Waals surface area contributed by atoms with E-state index in [1.807, 2.05) is 38.1 Å². The molecule has 1 unspecified atom stereocenters. The Morgan fingerprint density at radius 3 is 2.54 bits per heavy atom. The van der Waals surface area contributed by atoms with Crippen molar-refractivity contribution in [3.63, 3.8) is 0 Å². The molecule has 3 aromatic rings. The third kappa shape index (κ3) is 2.98. The fourth-order valence-electron chi connectivity index (χ4n) is 3.72. The fourth-order valence-corrected chi connectivity index (χ4v) is 3.72. The Morgan fingerprint density at radius 1 is 1.18 bits per heavy atom. The van der Waals surface area contributed by atoms with Crippen LogP contribution in [-0.4, -0.2) is 20.7 Å². The Kier molecular flexibility index (Phi) is 4.47. The first-order chi connectivity index (χ1) is 13.4. The average Bonchev–Trinajstić information content (AvgIpc) is 3.10. The van der Waals surface area contributed by atoms with E-state index in [-0.39, 0.29) is 11.6 Å².